The lowest BCUT2D eigenvalue weighted by molar-refractivity contribution is 0.241. The summed E-state index contributed by atoms with van der Waals surface area (Å²) in [5.74, 6) is 0. The van der Waals surface area contributed by atoms with Gasteiger partial charge < -0.3 is 21.3 Å². The van der Waals surface area contributed by atoms with Crippen LogP contribution in [0.2, 0.25) is 0 Å². The predicted octanol–water partition coefficient (Wildman–Crippen LogP) is 4.66. The standard InChI is InChI=1S/C19H44N4.4ClH/c1-5-21-18(3)12-16-23(17-13-19(4)22-6-2)15-11-9-7-8-10-14-20;;;;/h18-19,21-22H,5-17,20H2,1-4H3;4*1H. The molecule has 4 nitrogen and oxygen atoms in total. The van der Waals surface area contributed by atoms with Crippen molar-refractivity contribution in [2.24, 2.45) is 5.73 Å². The molecule has 0 amide bonds. The number of halogens is 4. The first-order valence-electron chi connectivity index (χ1n) is 10.0. The lowest BCUT2D eigenvalue weighted by atomic mass is 10.1. The van der Waals surface area contributed by atoms with Crippen LogP contribution in [0.15, 0.2) is 0 Å². The van der Waals surface area contributed by atoms with E-state index in [0.29, 0.717) is 12.1 Å². The summed E-state index contributed by atoms with van der Waals surface area (Å²) in [6.45, 7) is 15.6. The van der Waals surface area contributed by atoms with E-state index in [2.05, 4.69) is 43.2 Å². The van der Waals surface area contributed by atoms with Crippen molar-refractivity contribution in [3.63, 3.8) is 0 Å². The van der Waals surface area contributed by atoms with Crippen LogP contribution in [-0.4, -0.2) is 56.3 Å². The van der Waals surface area contributed by atoms with E-state index in [1.165, 1.54) is 64.6 Å². The van der Waals surface area contributed by atoms with Crippen LogP contribution < -0.4 is 16.4 Å². The molecular weight excluding hydrogens is 426 g/mol. The summed E-state index contributed by atoms with van der Waals surface area (Å²) in [7, 11) is 0. The molecule has 0 heterocycles. The fourth-order valence-corrected chi connectivity index (χ4v) is 3.00. The van der Waals surface area contributed by atoms with Gasteiger partial charge in [-0.2, -0.15) is 0 Å². The Morgan fingerprint density at radius 3 is 1.48 bits per heavy atom. The number of hydrogen-bond donors (Lipinski definition) is 3. The van der Waals surface area contributed by atoms with Crippen molar-refractivity contribution in [3.05, 3.63) is 0 Å². The van der Waals surface area contributed by atoms with Gasteiger partial charge in [-0.05, 0) is 78.8 Å². The number of nitrogens with two attached hydrogens (primary N) is 1. The third-order valence-corrected chi connectivity index (χ3v) is 4.54. The van der Waals surface area contributed by atoms with Crippen LogP contribution in [0, 0.1) is 0 Å². The van der Waals surface area contributed by atoms with E-state index in [1.54, 1.807) is 0 Å². The van der Waals surface area contributed by atoms with Crippen LogP contribution in [0.1, 0.15) is 72.6 Å². The molecule has 2 atom stereocenters. The van der Waals surface area contributed by atoms with Gasteiger partial charge in [0.15, 0.2) is 0 Å². The zero-order valence-electron chi connectivity index (χ0n) is 18.0. The van der Waals surface area contributed by atoms with Gasteiger partial charge in [0.25, 0.3) is 0 Å². The third-order valence-electron chi connectivity index (χ3n) is 4.54. The molecule has 27 heavy (non-hydrogen) atoms. The van der Waals surface area contributed by atoms with Crippen LogP contribution in [0.3, 0.4) is 0 Å². The lowest BCUT2D eigenvalue weighted by Crippen LogP contribution is -2.36. The van der Waals surface area contributed by atoms with Gasteiger partial charge in [0.2, 0.25) is 0 Å². The number of nitrogens with one attached hydrogen (secondary N) is 2. The number of nitrogens with zero attached hydrogens (tertiary/aromatic N) is 1. The van der Waals surface area contributed by atoms with Gasteiger partial charge >= 0.3 is 0 Å². The maximum absolute atomic E-state index is 5.56. The van der Waals surface area contributed by atoms with Crippen molar-refractivity contribution >= 4 is 49.6 Å². The molecule has 0 fully saturated rings. The minimum atomic E-state index is 0. The van der Waals surface area contributed by atoms with Crippen LogP contribution in [0.5, 0.6) is 0 Å². The molecule has 0 saturated carbocycles. The van der Waals surface area contributed by atoms with Gasteiger partial charge in [-0.15, -0.1) is 49.6 Å². The van der Waals surface area contributed by atoms with Gasteiger partial charge in [-0.3, -0.25) is 0 Å². The highest BCUT2D eigenvalue weighted by molar-refractivity contribution is 5.86. The molecule has 172 valence electrons. The van der Waals surface area contributed by atoms with Gasteiger partial charge in [0, 0.05) is 12.1 Å². The summed E-state index contributed by atoms with van der Waals surface area (Å²) in [5, 5.41) is 7.05. The van der Waals surface area contributed by atoms with E-state index < -0.39 is 0 Å². The molecule has 0 aromatic heterocycles. The molecule has 0 rings (SSSR count). The fraction of sp³-hybridized carbons (Fsp3) is 1.00. The first-order chi connectivity index (χ1) is 11.1. The Balaban J connectivity index is -0.000000403. The van der Waals surface area contributed by atoms with Gasteiger partial charge in [0.05, 0.1) is 0 Å². The predicted molar refractivity (Wildman–Crippen MR) is 133 cm³/mol. The molecule has 0 aliphatic heterocycles. The van der Waals surface area contributed by atoms with Crippen LogP contribution >= 0.6 is 49.6 Å². The molecule has 0 spiro atoms. The second-order valence-corrected chi connectivity index (χ2v) is 6.89. The average molecular weight is 474 g/mol. The quantitative estimate of drug-likeness (QED) is 0.269. The Kier molecular flexibility index (Phi) is 41.7. The molecule has 4 N–H and O–H groups in total. The van der Waals surface area contributed by atoms with Gasteiger partial charge in [-0.25, -0.2) is 0 Å². The molecular formula is C19H48Cl4N4. The SMILES string of the molecule is CCNC(C)CCN(CCCCCCCN)CCC(C)NCC.Cl.Cl.Cl.Cl. The number of hydrogen-bond acceptors (Lipinski definition) is 4. The van der Waals surface area contributed by atoms with Crippen molar-refractivity contribution in [2.45, 2.75) is 84.7 Å². The van der Waals surface area contributed by atoms with Crippen LogP contribution in [0.25, 0.3) is 0 Å². The summed E-state index contributed by atoms with van der Waals surface area (Å²) in [4.78, 5) is 2.67. The molecule has 0 aromatic rings. The zero-order chi connectivity index (χ0) is 17.3. The highest BCUT2D eigenvalue weighted by atomic mass is 35.5. The van der Waals surface area contributed by atoms with Crippen molar-refractivity contribution in [3.8, 4) is 0 Å². The number of unbranched alkanes of at least 4 members (excludes halogenated alkanes) is 4. The molecule has 0 saturated heterocycles. The fourth-order valence-electron chi connectivity index (χ4n) is 3.00. The molecule has 0 aliphatic carbocycles. The topological polar surface area (TPSA) is 53.3 Å². The lowest BCUT2D eigenvalue weighted by Gasteiger charge is -2.26. The van der Waals surface area contributed by atoms with Crippen molar-refractivity contribution in [1.82, 2.24) is 15.5 Å². The summed E-state index contributed by atoms with van der Waals surface area (Å²) in [5.41, 5.74) is 5.56. The molecule has 0 aliphatic rings. The monoisotopic (exact) mass is 472 g/mol. The minimum Gasteiger partial charge on any atom is -0.330 e. The van der Waals surface area contributed by atoms with E-state index in [0.717, 1.165) is 19.6 Å². The summed E-state index contributed by atoms with van der Waals surface area (Å²) in [6, 6.07) is 1.25. The van der Waals surface area contributed by atoms with Gasteiger partial charge in [0.1, 0.15) is 0 Å². The molecule has 0 aromatic carbocycles. The van der Waals surface area contributed by atoms with E-state index in [-0.39, 0.29) is 49.6 Å². The highest BCUT2D eigenvalue weighted by Crippen LogP contribution is 2.06. The van der Waals surface area contributed by atoms with Gasteiger partial charge in [-0.1, -0.05) is 33.1 Å². The smallest absolute Gasteiger partial charge is 0.00507 e. The molecule has 8 heteroatoms. The van der Waals surface area contributed by atoms with E-state index in [4.69, 9.17) is 5.73 Å². The van der Waals surface area contributed by atoms with E-state index >= 15 is 0 Å². The Morgan fingerprint density at radius 1 is 0.667 bits per heavy atom. The second-order valence-electron chi connectivity index (χ2n) is 6.89. The Morgan fingerprint density at radius 2 is 1.07 bits per heavy atom. The molecule has 0 bridgehead atoms. The first-order valence-corrected chi connectivity index (χ1v) is 10.0. The largest absolute Gasteiger partial charge is 0.330 e. The Labute approximate surface area is 194 Å². The summed E-state index contributed by atoms with van der Waals surface area (Å²) < 4.78 is 0. The first kappa shape index (κ1) is 38.6. The Bertz CT molecular complexity index is 236. The second kappa shape index (κ2) is 29.2. The highest BCUT2D eigenvalue weighted by Gasteiger charge is 2.09. The number of rotatable bonds is 17. The zero-order valence-corrected chi connectivity index (χ0v) is 21.3. The Hall–Kier alpha value is 1.00. The van der Waals surface area contributed by atoms with Crippen LogP contribution in [0.4, 0.5) is 0 Å². The maximum atomic E-state index is 5.56. The van der Waals surface area contributed by atoms with E-state index in [1.807, 2.05) is 0 Å². The van der Waals surface area contributed by atoms with Crippen LogP contribution in [-0.2, 0) is 0 Å². The summed E-state index contributed by atoms with van der Waals surface area (Å²) >= 11 is 0. The van der Waals surface area contributed by atoms with Crippen molar-refractivity contribution in [2.75, 3.05) is 39.3 Å². The molecule has 0 radical (unpaired) electrons. The minimum absolute atomic E-state index is 0. The van der Waals surface area contributed by atoms with Crippen molar-refractivity contribution < 1.29 is 0 Å². The normalized spacial score (nSPS) is 12.2. The molecule has 2 unspecified atom stereocenters. The average Bonchev–Trinajstić information content (AvgIpc) is 2.53. The van der Waals surface area contributed by atoms with E-state index in [9.17, 15) is 0 Å². The maximum Gasteiger partial charge on any atom is 0.00507 e. The third kappa shape index (κ3) is 27.0. The summed E-state index contributed by atoms with van der Waals surface area (Å²) in [6.07, 6.45) is 8.99. The van der Waals surface area contributed by atoms with Crippen molar-refractivity contribution in [1.29, 1.82) is 0 Å².